The van der Waals surface area contributed by atoms with Crippen LogP contribution in [0.2, 0.25) is 10.0 Å². The molecule has 0 aliphatic heterocycles. The molecule has 0 radical (unpaired) electrons. The van der Waals surface area contributed by atoms with E-state index in [4.69, 9.17) is 23.2 Å². The predicted octanol–water partition coefficient (Wildman–Crippen LogP) is 2.82. The fourth-order valence-electron chi connectivity index (χ4n) is 2.25. The van der Waals surface area contributed by atoms with Crippen LogP contribution in [0.5, 0.6) is 0 Å². The quantitative estimate of drug-likeness (QED) is 0.793. The Morgan fingerprint density at radius 1 is 1.26 bits per heavy atom. The van der Waals surface area contributed by atoms with E-state index < -0.39 is 0 Å². The number of hydrogen-bond donors (Lipinski definition) is 2. The van der Waals surface area contributed by atoms with E-state index >= 15 is 0 Å². The van der Waals surface area contributed by atoms with Crippen molar-refractivity contribution in [3.63, 3.8) is 0 Å². The van der Waals surface area contributed by atoms with Crippen molar-refractivity contribution in [1.29, 1.82) is 0 Å². The van der Waals surface area contributed by atoms with Crippen molar-refractivity contribution < 1.29 is 4.79 Å². The van der Waals surface area contributed by atoms with E-state index in [1.807, 2.05) is 19.2 Å². The molecular weight excluding hydrogens is 283 g/mol. The summed E-state index contributed by atoms with van der Waals surface area (Å²) in [5.74, 6) is 0.474. The summed E-state index contributed by atoms with van der Waals surface area (Å²) in [7, 11) is 1.90. The number of carbonyl (C=O) groups is 1. The molecule has 5 heteroatoms. The minimum absolute atomic E-state index is 0.0733. The van der Waals surface area contributed by atoms with E-state index in [9.17, 15) is 4.79 Å². The molecule has 2 rings (SSSR count). The van der Waals surface area contributed by atoms with Gasteiger partial charge in [-0.2, -0.15) is 0 Å². The van der Waals surface area contributed by atoms with Crippen molar-refractivity contribution in [1.82, 2.24) is 10.6 Å². The first kappa shape index (κ1) is 14.6. The highest BCUT2D eigenvalue weighted by atomic mass is 35.5. The first-order valence-corrected chi connectivity index (χ1v) is 7.25. The van der Waals surface area contributed by atoms with Gasteiger partial charge in [-0.1, -0.05) is 23.2 Å². The van der Waals surface area contributed by atoms with Gasteiger partial charge in [-0.25, -0.2) is 0 Å². The highest BCUT2D eigenvalue weighted by molar-refractivity contribution is 6.34. The van der Waals surface area contributed by atoms with Crippen LogP contribution in [0.4, 0.5) is 0 Å². The predicted molar refractivity (Wildman–Crippen MR) is 78.9 cm³/mol. The second kappa shape index (κ2) is 6.60. The zero-order valence-corrected chi connectivity index (χ0v) is 12.4. The van der Waals surface area contributed by atoms with Gasteiger partial charge < -0.3 is 10.6 Å². The maximum Gasteiger partial charge on any atom is 0.223 e. The molecule has 2 N–H and O–H groups in total. The molecule has 1 fully saturated rings. The molecule has 1 aromatic rings. The second-order valence-electron chi connectivity index (χ2n) is 4.90. The van der Waals surface area contributed by atoms with Crippen LogP contribution in [0.1, 0.15) is 24.3 Å². The third kappa shape index (κ3) is 4.10. The van der Waals surface area contributed by atoms with Gasteiger partial charge in [0.2, 0.25) is 5.91 Å². The van der Waals surface area contributed by atoms with Crippen LogP contribution in [-0.2, 0) is 4.79 Å². The molecule has 1 aliphatic rings. The molecule has 1 aromatic carbocycles. The summed E-state index contributed by atoms with van der Waals surface area (Å²) in [6.45, 7) is 1.64. The van der Waals surface area contributed by atoms with Crippen molar-refractivity contribution in [2.75, 3.05) is 20.1 Å². The maximum atomic E-state index is 11.9. The van der Waals surface area contributed by atoms with Crippen LogP contribution in [0.25, 0.3) is 0 Å². The first-order valence-electron chi connectivity index (χ1n) is 6.50. The molecule has 0 saturated heterocycles. The average Bonchev–Trinajstić information content (AvgIpc) is 3.13. The highest BCUT2D eigenvalue weighted by Gasteiger charge is 2.43. The molecule has 19 heavy (non-hydrogen) atoms. The van der Waals surface area contributed by atoms with Gasteiger partial charge in [-0.15, -0.1) is 0 Å². The Kier molecular flexibility index (Phi) is 5.08. The number of benzene rings is 1. The van der Waals surface area contributed by atoms with Crippen molar-refractivity contribution in [2.45, 2.75) is 18.8 Å². The summed E-state index contributed by atoms with van der Waals surface area (Å²) in [4.78, 5) is 11.9. The fourth-order valence-corrected chi connectivity index (χ4v) is 2.79. The summed E-state index contributed by atoms with van der Waals surface area (Å²) < 4.78 is 0. The Hall–Kier alpha value is -0.770. The molecule has 1 aliphatic carbocycles. The lowest BCUT2D eigenvalue weighted by Gasteiger charge is -2.05. The lowest BCUT2D eigenvalue weighted by Crippen LogP contribution is -2.28. The summed E-state index contributed by atoms with van der Waals surface area (Å²) in [6, 6.07) is 5.50. The lowest BCUT2D eigenvalue weighted by atomic mass is 10.1. The molecule has 2 atom stereocenters. The lowest BCUT2D eigenvalue weighted by molar-refractivity contribution is -0.122. The summed E-state index contributed by atoms with van der Waals surface area (Å²) in [5, 5.41) is 7.27. The van der Waals surface area contributed by atoms with Gasteiger partial charge in [-0.05, 0) is 56.1 Å². The van der Waals surface area contributed by atoms with Gasteiger partial charge in [0, 0.05) is 22.5 Å². The Morgan fingerprint density at radius 2 is 1.95 bits per heavy atom. The van der Waals surface area contributed by atoms with Crippen molar-refractivity contribution in [2.24, 2.45) is 5.92 Å². The summed E-state index contributed by atoms with van der Waals surface area (Å²) in [6.07, 6.45) is 1.83. The monoisotopic (exact) mass is 300 g/mol. The van der Waals surface area contributed by atoms with Crippen LogP contribution >= 0.6 is 23.2 Å². The van der Waals surface area contributed by atoms with Gasteiger partial charge >= 0.3 is 0 Å². The number of amides is 1. The summed E-state index contributed by atoms with van der Waals surface area (Å²) >= 11 is 12.0. The molecule has 104 valence electrons. The van der Waals surface area contributed by atoms with E-state index in [2.05, 4.69) is 10.6 Å². The van der Waals surface area contributed by atoms with Crippen LogP contribution in [0, 0.1) is 5.92 Å². The number of hydrogen-bond acceptors (Lipinski definition) is 2. The maximum absolute atomic E-state index is 11.9. The van der Waals surface area contributed by atoms with Crippen molar-refractivity contribution in [3.05, 3.63) is 33.8 Å². The number of carbonyl (C=O) groups excluding carboxylic acids is 1. The van der Waals surface area contributed by atoms with Gasteiger partial charge in [0.05, 0.1) is 0 Å². The number of nitrogens with one attached hydrogen (secondary N) is 2. The average molecular weight is 301 g/mol. The van der Waals surface area contributed by atoms with E-state index in [1.165, 1.54) is 0 Å². The molecular formula is C14H18Cl2N2O. The number of halogens is 2. The first-order chi connectivity index (χ1) is 9.11. The summed E-state index contributed by atoms with van der Waals surface area (Å²) in [5.41, 5.74) is 1.06. The van der Waals surface area contributed by atoms with E-state index in [1.54, 1.807) is 6.07 Å². The van der Waals surface area contributed by atoms with Crippen LogP contribution < -0.4 is 10.6 Å². The molecule has 0 heterocycles. The zero-order chi connectivity index (χ0) is 13.8. The Bertz CT molecular complexity index is 445. The topological polar surface area (TPSA) is 41.1 Å². The molecule has 2 unspecified atom stereocenters. The van der Waals surface area contributed by atoms with E-state index in [0.717, 1.165) is 31.5 Å². The molecule has 0 spiro atoms. The normalized spacial score (nSPS) is 21.2. The minimum Gasteiger partial charge on any atom is -0.356 e. The van der Waals surface area contributed by atoms with E-state index in [0.29, 0.717) is 10.0 Å². The Labute approximate surface area is 123 Å². The van der Waals surface area contributed by atoms with Crippen LogP contribution in [-0.4, -0.2) is 26.0 Å². The molecule has 1 amide bonds. The van der Waals surface area contributed by atoms with Crippen LogP contribution in [0.15, 0.2) is 18.2 Å². The highest BCUT2D eigenvalue weighted by Crippen LogP contribution is 2.48. The van der Waals surface area contributed by atoms with Crippen molar-refractivity contribution >= 4 is 29.1 Å². The fraction of sp³-hybridized carbons (Fsp3) is 0.500. The SMILES string of the molecule is CNCCCNC(=O)C1CC1c1cc(Cl)cc(Cl)c1. The second-order valence-corrected chi connectivity index (χ2v) is 5.77. The van der Waals surface area contributed by atoms with Gasteiger partial charge in [0.1, 0.15) is 0 Å². The van der Waals surface area contributed by atoms with Gasteiger partial charge in [-0.3, -0.25) is 4.79 Å². The third-order valence-electron chi connectivity index (χ3n) is 3.34. The Balaban J connectivity index is 1.84. The zero-order valence-electron chi connectivity index (χ0n) is 10.9. The third-order valence-corrected chi connectivity index (χ3v) is 3.78. The van der Waals surface area contributed by atoms with Gasteiger partial charge in [0.15, 0.2) is 0 Å². The minimum atomic E-state index is 0.0733. The molecule has 3 nitrogen and oxygen atoms in total. The van der Waals surface area contributed by atoms with Gasteiger partial charge in [0.25, 0.3) is 0 Å². The largest absolute Gasteiger partial charge is 0.356 e. The Morgan fingerprint density at radius 3 is 2.58 bits per heavy atom. The van der Waals surface area contributed by atoms with Crippen LogP contribution in [0.3, 0.4) is 0 Å². The molecule has 0 bridgehead atoms. The number of rotatable bonds is 6. The van der Waals surface area contributed by atoms with Crippen molar-refractivity contribution in [3.8, 4) is 0 Å². The van der Waals surface area contributed by atoms with E-state index in [-0.39, 0.29) is 17.7 Å². The molecule has 1 saturated carbocycles. The smallest absolute Gasteiger partial charge is 0.223 e. The standard InChI is InChI=1S/C14H18Cl2N2O/c1-17-3-2-4-18-14(19)13-8-12(13)9-5-10(15)7-11(16)6-9/h5-7,12-13,17H,2-4,8H2,1H3,(H,18,19). The molecule has 0 aromatic heterocycles.